The number of amides is 1. The van der Waals surface area contributed by atoms with Crippen LogP contribution < -0.4 is 5.32 Å². The second-order valence-electron chi connectivity index (χ2n) is 24.8. The molecule has 1 amide bonds. The molecule has 1 saturated heterocycles. The van der Waals surface area contributed by atoms with Crippen LogP contribution in [0.4, 0.5) is 4.79 Å². The van der Waals surface area contributed by atoms with Gasteiger partial charge in [0.25, 0.3) is 0 Å². The normalized spacial score (nSPS) is 29.1. The summed E-state index contributed by atoms with van der Waals surface area (Å²) >= 11 is 0. The lowest BCUT2D eigenvalue weighted by atomic mass is 9.44. The number of esters is 4. The number of nitrogens with one attached hydrogen (secondary N) is 1. The molecule has 426 valence electrons. The molecule has 0 radical (unpaired) electrons. The molecule has 1 unspecified atom stereocenters. The van der Waals surface area contributed by atoms with Gasteiger partial charge in [0.2, 0.25) is 8.32 Å². The number of allylic oxidation sites excluding steroid dienone is 1. The Balaban J connectivity index is 1.89. The molecule has 1 aliphatic heterocycles. The number of carbonyl (C=O) groups excluding carboxylic acids is 6. The molecule has 2 saturated carbocycles. The highest BCUT2D eigenvalue weighted by atomic mass is 28.4. The van der Waals surface area contributed by atoms with Crippen LogP contribution in [0, 0.1) is 16.7 Å². The summed E-state index contributed by atoms with van der Waals surface area (Å²) in [5.41, 5.74) is -6.91. The Kier molecular flexibility index (Phi) is 19.2. The van der Waals surface area contributed by atoms with Crippen LogP contribution in [-0.2, 0) is 61.2 Å². The van der Waals surface area contributed by atoms with Crippen LogP contribution in [0.1, 0.15) is 163 Å². The van der Waals surface area contributed by atoms with Crippen molar-refractivity contribution in [2.24, 2.45) is 16.7 Å². The number of fused-ring (bicyclic) bond motifs is 5. The number of rotatable bonds is 19. The van der Waals surface area contributed by atoms with E-state index in [4.69, 9.17) is 37.3 Å². The van der Waals surface area contributed by atoms with E-state index in [2.05, 4.69) is 67.6 Å². The molecule has 0 aromatic heterocycles. The number of hydrogen-bond acceptors (Lipinski definition) is 15. The van der Waals surface area contributed by atoms with Crippen LogP contribution in [0.5, 0.6) is 0 Å². The molecule has 18 heteroatoms. The van der Waals surface area contributed by atoms with Gasteiger partial charge in [-0.1, -0.05) is 112 Å². The van der Waals surface area contributed by atoms with Gasteiger partial charge < -0.3 is 47.7 Å². The van der Waals surface area contributed by atoms with E-state index in [0.29, 0.717) is 34.8 Å². The number of ketones is 1. The van der Waals surface area contributed by atoms with E-state index in [9.17, 15) is 24.3 Å². The lowest BCUT2D eigenvalue weighted by Crippen LogP contribution is -2.82. The molecular weight excluding hydrogens is 1010 g/mol. The maximum Gasteiger partial charge on any atom is 0.408 e. The Morgan fingerprint density at radius 2 is 1.42 bits per heavy atom. The van der Waals surface area contributed by atoms with Crippen LogP contribution in [0.15, 0.2) is 53.1 Å². The van der Waals surface area contributed by atoms with Crippen LogP contribution in [0.2, 0.25) is 34.8 Å². The first-order valence-corrected chi connectivity index (χ1v) is 32.2. The van der Waals surface area contributed by atoms with Gasteiger partial charge >= 0.3 is 30.0 Å². The number of carbonyl (C=O) groups is 6. The van der Waals surface area contributed by atoms with E-state index < -0.39 is 135 Å². The van der Waals surface area contributed by atoms with Crippen LogP contribution in [-0.4, -0.2) is 118 Å². The molecule has 0 spiro atoms. The average molecular weight is 1100 g/mol. The Morgan fingerprint density at radius 3 is 1.88 bits per heavy atom. The number of Topliss-reactive ketones (excluding diaryl/α,β-unsaturated/α-hetero) is 1. The van der Waals surface area contributed by atoms with Gasteiger partial charge in [-0.05, 0) is 99.9 Å². The minimum atomic E-state index is -3.06. The first-order valence-electron chi connectivity index (χ1n) is 27.5. The molecule has 16 nitrogen and oxygen atoms in total. The Labute approximate surface area is 454 Å². The lowest BCUT2D eigenvalue weighted by molar-refractivity contribution is -0.345. The molecule has 1 aromatic carbocycles. The molecule has 5 rings (SSSR count). The number of alkyl carbamates (subject to hydrolysis) is 1. The third-order valence-electron chi connectivity index (χ3n) is 17.5. The summed E-state index contributed by atoms with van der Waals surface area (Å²) in [6.07, 6.45) is -8.06. The van der Waals surface area contributed by atoms with Crippen molar-refractivity contribution in [1.29, 1.82) is 0 Å². The van der Waals surface area contributed by atoms with Crippen molar-refractivity contribution in [2.75, 3.05) is 6.61 Å². The molecule has 2 N–H and O–H groups in total. The Hall–Kier alpha value is -4.21. The quantitative estimate of drug-likeness (QED) is 0.0434. The Bertz CT molecular complexity index is 2360. The van der Waals surface area contributed by atoms with E-state index in [1.807, 2.05) is 6.07 Å². The smallest absolute Gasteiger partial charge is 0.408 e. The summed E-state index contributed by atoms with van der Waals surface area (Å²) in [4.78, 5) is 88.0. The molecule has 3 aliphatic carbocycles. The lowest BCUT2D eigenvalue weighted by Gasteiger charge is -2.68. The van der Waals surface area contributed by atoms with Gasteiger partial charge in [0.15, 0.2) is 31.9 Å². The van der Waals surface area contributed by atoms with Crippen LogP contribution in [0.25, 0.3) is 0 Å². The maximum absolute atomic E-state index is 16.6. The first kappa shape index (κ1) is 62.6. The summed E-state index contributed by atoms with van der Waals surface area (Å²) < 4.78 is 53.0. The van der Waals surface area contributed by atoms with E-state index in [0.717, 1.165) is 0 Å². The van der Waals surface area contributed by atoms with Gasteiger partial charge in [-0.25, -0.2) is 14.4 Å². The second-order valence-corrected chi connectivity index (χ2v) is 34.9. The zero-order chi connectivity index (χ0) is 57.5. The molecule has 11 atom stereocenters. The fourth-order valence-corrected chi connectivity index (χ4v) is 22.1. The topological polar surface area (TPSA) is 209 Å². The maximum atomic E-state index is 16.6. The van der Waals surface area contributed by atoms with Crippen molar-refractivity contribution in [3.8, 4) is 0 Å². The summed E-state index contributed by atoms with van der Waals surface area (Å²) in [5, 5.41) is 17.3. The van der Waals surface area contributed by atoms with Crippen molar-refractivity contribution in [2.45, 2.75) is 246 Å². The summed E-state index contributed by atoms with van der Waals surface area (Å²) in [5.74, 6) is -5.28. The van der Waals surface area contributed by atoms with E-state index in [1.165, 1.54) is 19.9 Å². The van der Waals surface area contributed by atoms with Gasteiger partial charge in [-0.2, -0.15) is 0 Å². The van der Waals surface area contributed by atoms with Crippen LogP contribution >= 0.6 is 0 Å². The van der Waals surface area contributed by atoms with Crippen molar-refractivity contribution in [3.05, 3.63) is 58.7 Å². The minimum Gasteiger partial charge on any atom is -0.456 e. The largest absolute Gasteiger partial charge is 0.456 e. The number of ether oxygens (including phenoxy) is 6. The van der Waals surface area contributed by atoms with Gasteiger partial charge in [-0.3, -0.25) is 14.4 Å². The number of benzene rings is 1. The molecule has 76 heavy (non-hydrogen) atoms. The third-order valence-corrected chi connectivity index (χ3v) is 28.3. The molecule has 3 fully saturated rings. The van der Waals surface area contributed by atoms with Gasteiger partial charge in [-0.15, -0.1) is 0 Å². The average Bonchev–Trinajstić information content (AvgIpc) is 3.29. The Morgan fingerprint density at radius 1 is 0.855 bits per heavy atom. The summed E-state index contributed by atoms with van der Waals surface area (Å²) in [6.45, 7) is 36.2. The highest BCUT2D eigenvalue weighted by Crippen LogP contribution is 2.65. The fraction of sp³-hybridized carbons (Fsp3) is 0.724. The minimum absolute atomic E-state index is 0.0413. The van der Waals surface area contributed by atoms with Crippen molar-refractivity contribution >= 4 is 52.4 Å². The molecular formula is C58H91NO15Si2. The highest BCUT2D eigenvalue weighted by Gasteiger charge is 2.79. The van der Waals surface area contributed by atoms with Crippen molar-refractivity contribution in [1.82, 2.24) is 5.32 Å². The van der Waals surface area contributed by atoms with E-state index in [1.54, 1.807) is 86.6 Å². The van der Waals surface area contributed by atoms with E-state index >= 15 is 9.59 Å². The second kappa shape index (κ2) is 23.2. The van der Waals surface area contributed by atoms with Gasteiger partial charge in [0, 0.05) is 38.2 Å². The first-order chi connectivity index (χ1) is 35.1. The zero-order valence-corrected chi connectivity index (χ0v) is 51.2. The van der Waals surface area contributed by atoms with Crippen LogP contribution in [0.3, 0.4) is 0 Å². The van der Waals surface area contributed by atoms with Crippen molar-refractivity contribution < 1.29 is 71.1 Å². The van der Waals surface area contributed by atoms with Gasteiger partial charge in [0.1, 0.15) is 29.5 Å². The van der Waals surface area contributed by atoms with E-state index in [-0.39, 0.29) is 35.2 Å². The zero-order valence-electron chi connectivity index (χ0n) is 49.2. The molecule has 2 bridgehead atoms. The molecule has 4 aliphatic rings. The number of hydrogen-bond donors (Lipinski definition) is 2. The van der Waals surface area contributed by atoms with Crippen molar-refractivity contribution in [3.63, 3.8) is 0 Å². The highest BCUT2D eigenvalue weighted by molar-refractivity contribution is 6.77. The standard InChI is InChI=1S/C58H91NO15Si2/c1-21-75(22-2,23-3)73-42-30-43-57(32-67-43,71-39(14)61)49-51(70-44(62)29-33(4)5)58(66)31-41(37(12)45(55(58,18)19)47(68-38(13)60)50(63)56(42,49)20)69-52(64)48(74-76(34(6)7,35(8)9)36(10)11)46(40-27-25-24-26-28-40)59-53(65)72-54(15,16)17/h24-29,34-36,41-43,46-49,51,66H,21-23,30-32H2,1-20H3,(H,59,65)/t41-,42-,43+,46-,47+,48+,49?,51-,56+,57-,58+/m0/s1. The predicted molar refractivity (Wildman–Crippen MR) is 293 cm³/mol. The third kappa shape index (κ3) is 11.6. The van der Waals surface area contributed by atoms with Gasteiger partial charge in [0.05, 0.1) is 30.1 Å². The monoisotopic (exact) mass is 1100 g/mol. The SMILES string of the molecule is CC[Si](CC)(CC)O[C@H]1C[C@H]2OC[C@@]2(OC(C)=O)C2[C@H](OC(=O)C=C(C)C)[C@]3(O)C[C@H](OC(=O)[C@H](O[Si](C(C)C)(C(C)C)C(C)C)[C@@H](NC(=O)OC(C)(C)C)c4ccccc4)C(C)=C([C@@H](OC(C)=O)C(=O)[C@@]21C)C3(C)C. The summed E-state index contributed by atoms with van der Waals surface area (Å²) in [7, 11) is -5.70. The number of aliphatic hydroxyl groups is 1. The summed E-state index contributed by atoms with van der Waals surface area (Å²) in [6, 6.07) is 9.85. The molecule has 1 heterocycles. The predicted octanol–water partition coefficient (Wildman–Crippen LogP) is 10.7. The fourth-order valence-electron chi connectivity index (χ4n) is 13.6. The molecule has 1 aromatic rings.